The summed E-state index contributed by atoms with van der Waals surface area (Å²) >= 11 is 0. The molecule has 0 amide bonds. The van der Waals surface area contributed by atoms with Crippen molar-refractivity contribution >= 4 is 13.9 Å². The zero-order valence-corrected chi connectivity index (χ0v) is 9.73. The Morgan fingerprint density at radius 1 is 1.17 bits per heavy atom. The summed E-state index contributed by atoms with van der Waals surface area (Å²) < 4.78 is 38.2. The second-order valence-corrected chi connectivity index (χ2v) is 5.09. The minimum absolute atomic E-state index is 0.127. The lowest BCUT2D eigenvalue weighted by Gasteiger charge is -2.24. The summed E-state index contributed by atoms with van der Waals surface area (Å²) in [6.45, 7) is -1.19. The van der Waals surface area contributed by atoms with Gasteiger partial charge in [0.25, 0.3) is 0 Å². The van der Waals surface area contributed by atoms with Gasteiger partial charge in [0, 0.05) is 0 Å². The number of alkyl halides is 2. The molecule has 8 nitrogen and oxygen atoms in total. The maximum absolute atomic E-state index is 11.9. The summed E-state index contributed by atoms with van der Waals surface area (Å²) in [5, 5.41) is 36.2. The maximum atomic E-state index is 11.9. The highest BCUT2D eigenvalue weighted by Crippen LogP contribution is 2.48. The summed E-state index contributed by atoms with van der Waals surface area (Å²) in [4.78, 5) is 18.6. The third-order valence-corrected chi connectivity index (χ3v) is 2.92. The van der Waals surface area contributed by atoms with Crippen molar-refractivity contribution in [2.75, 3.05) is 6.61 Å². The zero-order valence-electron chi connectivity index (χ0n) is 8.84. The van der Waals surface area contributed by atoms with Gasteiger partial charge in [0.1, 0.15) is 24.4 Å². The van der Waals surface area contributed by atoms with Crippen molar-refractivity contribution in [2.45, 2.75) is 30.6 Å². The number of carbonyl (C=O) groups is 1. The standard InChI is InChI=1S/C7H13F2O8P/c8-7(9)18(15,16)17-2-4(12)6(14)5(13)3(11)1-10/h1,3-7,11-14H,2H2,(H,15,16)/t3-,4-,5-,6-/m1/s1. The predicted octanol–water partition coefficient (Wildman–Crippen LogP) is -1.95. The van der Waals surface area contributed by atoms with Crippen molar-refractivity contribution in [1.29, 1.82) is 0 Å². The van der Waals surface area contributed by atoms with Crippen LogP contribution >= 0.6 is 7.60 Å². The molecule has 5 atom stereocenters. The minimum atomic E-state index is -5.24. The number of aliphatic hydroxyl groups excluding tert-OH is 4. The Morgan fingerprint density at radius 2 is 1.67 bits per heavy atom. The molecule has 0 aromatic carbocycles. The summed E-state index contributed by atoms with van der Waals surface area (Å²) in [5.74, 6) is 0. The minimum Gasteiger partial charge on any atom is -0.388 e. The van der Waals surface area contributed by atoms with Gasteiger partial charge >= 0.3 is 13.8 Å². The fourth-order valence-electron chi connectivity index (χ4n) is 0.848. The van der Waals surface area contributed by atoms with Crippen LogP contribution in [0, 0.1) is 0 Å². The molecule has 18 heavy (non-hydrogen) atoms. The van der Waals surface area contributed by atoms with Gasteiger partial charge < -0.3 is 34.6 Å². The lowest BCUT2D eigenvalue weighted by atomic mass is 10.0. The lowest BCUT2D eigenvalue weighted by Crippen LogP contribution is -2.46. The van der Waals surface area contributed by atoms with E-state index >= 15 is 0 Å². The maximum Gasteiger partial charge on any atom is 0.394 e. The van der Waals surface area contributed by atoms with Gasteiger partial charge in [-0.15, -0.1) is 0 Å². The van der Waals surface area contributed by atoms with Crippen LogP contribution in [0.3, 0.4) is 0 Å². The second kappa shape index (κ2) is 7.19. The summed E-state index contributed by atoms with van der Waals surface area (Å²) in [5.41, 5.74) is 0. The molecule has 0 rings (SSSR count). The van der Waals surface area contributed by atoms with Gasteiger partial charge in [-0.3, -0.25) is 4.57 Å². The summed E-state index contributed by atoms with van der Waals surface area (Å²) in [6.07, 6.45) is -12.1. The molecule has 0 radical (unpaired) electrons. The first-order valence-corrected chi connectivity index (χ1v) is 6.21. The van der Waals surface area contributed by atoms with E-state index in [1.54, 1.807) is 0 Å². The smallest absolute Gasteiger partial charge is 0.388 e. The summed E-state index contributed by atoms with van der Waals surface area (Å²) in [6, 6.07) is 0. The fraction of sp³-hybridized carbons (Fsp3) is 0.857. The number of carbonyl (C=O) groups excluding carboxylic acids is 1. The third kappa shape index (κ3) is 5.02. The van der Waals surface area contributed by atoms with E-state index in [1.807, 2.05) is 0 Å². The van der Waals surface area contributed by atoms with E-state index in [0.717, 1.165) is 0 Å². The molecule has 0 fully saturated rings. The van der Waals surface area contributed by atoms with E-state index in [9.17, 15) is 18.1 Å². The van der Waals surface area contributed by atoms with E-state index in [0.29, 0.717) is 0 Å². The van der Waals surface area contributed by atoms with Crippen LogP contribution in [0.4, 0.5) is 8.78 Å². The predicted molar refractivity (Wildman–Crippen MR) is 51.9 cm³/mol. The monoisotopic (exact) mass is 294 g/mol. The molecule has 0 heterocycles. The molecule has 0 aliphatic rings. The molecule has 0 aromatic rings. The molecule has 0 aliphatic carbocycles. The number of hydrogen-bond acceptors (Lipinski definition) is 7. The molecule has 0 aromatic heterocycles. The van der Waals surface area contributed by atoms with Gasteiger partial charge in [0.05, 0.1) is 6.61 Å². The van der Waals surface area contributed by atoms with Crippen LogP contribution in [-0.2, 0) is 13.9 Å². The molecular weight excluding hydrogens is 281 g/mol. The van der Waals surface area contributed by atoms with Gasteiger partial charge in [0.2, 0.25) is 0 Å². The van der Waals surface area contributed by atoms with Crippen molar-refractivity contribution in [3.63, 3.8) is 0 Å². The van der Waals surface area contributed by atoms with Crippen molar-refractivity contribution in [3.8, 4) is 0 Å². The molecule has 0 bridgehead atoms. The SMILES string of the molecule is O=C[C@@H](O)[C@@H](O)[C@H](O)[C@H](O)COP(=O)(O)C(F)F. The highest BCUT2D eigenvalue weighted by atomic mass is 31.2. The molecule has 1 unspecified atom stereocenters. The van der Waals surface area contributed by atoms with Crippen LogP contribution in [0.2, 0.25) is 0 Å². The Kier molecular flexibility index (Phi) is 7.00. The van der Waals surface area contributed by atoms with Crippen LogP contribution in [-0.4, -0.2) is 68.8 Å². The molecule has 0 saturated heterocycles. The van der Waals surface area contributed by atoms with Gasteiger partial charge in [-0.25, -0.2) is 0 Å². The van der Waals surface area contributed by atoms with E-state index in [1.165, 1.54) is 0 Å². The van der Waals surface area contributed by atoms with Crippen molar-refractivity contribution in [2.24, 2.45) is 0 Å². The molecular formula is C7H13F2O8P. The molecule has 0 saturated carbocycles. The average Bonchev–Trinajstić information content (AvgIpc) is 2.32. The first-order valence-electron chi connectivity index (χ1n) is 4.56. The molecule has 11 heteroatoms. The highest BCUT2D eigenvalue weighted by molar-refractivity contribution is 7.53. The molecule has 0 spiro atoms. The Labute approximate surface area is 100.0 Å². The topological polar surface area (TPSA) is 145 Å². The Bertz CT molecular complexity index is 314. The Hall–Kier alpha value is -0.480. The number of aliphatic hydroxyl groups is 4. The Balaban J connectivity index is 4.37. The van der Waals surface area contributed by atoms with Crippen molar-refractivity contribution < 1.29 is 48.0 Å². The molecule has 108 valence electrons. The summed E-state index contributed by atoms with van der Waals surface area (Å²) in [7, 11) is -5.24. The van der Waals surface area contributed by atoms with Crippen molar-refractivity contribution in [1.82, 2.24) is 0 Å². The molecule has 0 aliphatic heterocycles. The largest absolute Gasteiger partial charge is 0.394 e. The van der Waals surface area contributed by atoms with Gasteiger partial charge in [-0.05, 0) is 0 Å². The molecule has 5 N–H and O–H groups in total. The second-order valence-electron chi connectivity index (χ2n) is 3.31. The van der Waals surface area contributed by atoms with E-state index < -0.39 is 44.8 Å². The zero-order chi connectivity index (χ0) is 14.5. The fourth-order valence-corrected chi connectivity index (χ4v) is 1.33. The number of rotatable bonds is 8. The number of halogens is 2. The van der Waals surface area contributed by atoms with Crippen LogP contribution in [0.5, 0.6) is 0 Å². The van der Waals surface area contributed by atoms with E-state index in [2.05, 4.69) is 4.52 Å². The first kappa shape index (κ1) is 17.5. The van der Waals surface area contributed by atoms with Crippen LogP contribution < -0.4 is 0 Å². The Morgan fingerprint density at radius 3 is 2.06 bits per heavy atom. The third-order valence-electron chi connectivity index (χ3n) is 1.91. The highest BCUT2D eigenvalue weighted by Gasteiger charge is 2.36. The number of aldehydes is 1. The van der Waals surface area contributed by atoms with Gasteiger partial charge in [0.15, 0.2) is 6.29 Å². The van der Waals surface area contributed by atoms with Crippen LogP contribution in [0.1, 0.15) is 0 Å². The van der Waals surface area contributed by atoms with Gasteiger partial charge in [-0.1, -0.05) is 0 Å². The quantitative estimate of drug-likeness (QED) is 0.257. The van der Waals surface area contributed by atoms with Crippen molar-refractivity contribution in [3.05, 3.63) is 0 Å². The van der Waals surface area contributed by atoms with E-state index in [4.69, 9.17) is 25.3 Å². The average molecular weight is 294 g/mol. The normalized spacial score (nSPS) is 22.0. The van der Waals surface area contributed by atoms with Crippen LogP contribution in [0.15, 0.2) is 0 Å². The van der Waals surface area contributed by atoms with E-state index in [-0.39, 0.29) is 6.29 Å². The first-order chi connectivity index (χ1) is 8.13. The van der Waals surface area contributed by atoms with Crippen LogP contribution in [0.25, 0.3) is 0 Å². The van der Waals surface area contributed by atoms with Gasteiger partial charge in [-0.2, -0.15) is 8.78 Å². The lowest BCUT2D eigenvalue weighted by molar-refractivity contribution is -0.136. The number of hydrogen-bond donors (Lipinski definition) is 5.